The zero-order valence-electron chi connectivity index (χ0n) is 22.6. The number of thioether (sulfide) groups is 1. The molecule has 0 aliphatic carbocycles. The Bertz CT molecular complexity index is 1250. The second-order valence-corrected chi connectivity index (χ2v) is 10.1. The van der Waals surface area contributed by atoms with Crippen LogP contribution in [0.5, 0.6) is 5.75 Å². The number of aliphatic carboxylic acids is 1. The molecular weight excluding hydrogens is 540 g/mol. The topological polar surface area (TPSA) is 180 Å². The molecule has 40 heavy (non-hydrogen) atoms. The first-order chi connectivity index (χ1) is 19.0. The minimum atomic E-state index is -0.902. The van der Waals surface area contributed by atoms with Gasteiger partial charge in [-0.1, -0.05) is 49.4 Å². The standard InChI is InChI=1S/C27H34N4O8S/c1-4-5-26(39-21-9-8-19-10-18(16(2)27(37)38)6-7-20(19)11-21)31-24(35)14-29-22(33)12-28-23(34)13-30-25(36)15-40-17(3)32/h6-11,16,26H,4-5,12-15H2,1-3H3,(H,28,34)(H,29,33)(H,30,36)(H,31,35)(H,37,38)/t16-,26?/m0/s1. The number of fused-ring (bicyclic) bond motifs is 1. The number of nitrogens with one attached hydrogen (secondary N) is 4. The maximum absolute atomic E-state index is 12.4. The van der Waals surface area contributed by atoms with Crippen LogP contribution in [-0.4, -0.2) is 71.4 Å². The van der Waals surface area contributed by atoms with E-state index in [4.69, 9.17) is 4.74 Å². The van der Waals surface area contributed by atoms with Gasteiger partial charge in [-0.15, -0.1) is 0 Å². The van der Waals surface area contributed by atoms with E-state index in [1.165, 1.54) is 6.92 Å². The van der Waals surface area contributed by atoms with E-state index in [1.807, 2.05) is 25.1 Å². The summed E-state index contributed by atoms with van der Waals surface area (Å²) in [6, 6.07) is 10.8. The lowest BCUT2D eigenvalue weighted by atomic mass is 9.98. The Hall–Kier alpha value is -4.13. The van der Waals surface area contributed by atoms with Crippen LogP contribution in [0.4, 0.5) is 0 Å². The third kappa shape index (κ3) is 11.3. The van der Waals surface area contributed by atoms with E-state index in [0.717, 1.165) is 29.0 Å². The lowest BCUT2D eigenvalue weighted by Crippen LogP contribution is -2.47. The molecule has 2 aromatic carbocycles. The number of benzene rings is 2. The van der Waals surface area contributed by atoms with Gasteiger partial charge in [0, 0.05) is 13.3 Å². The van der Waals surface area contributed by atoms with Crippen molar-refractivity contribution in [2.45, 2.75) is 45.8 Å². The smallest absolute Gasteiger partial charge is 0.310 e. The average Bonchev–Trinajstić information content (AvgIpc) is 2.91. The van der Waals surface area contributed by atoms with Gasteiger partial charge >= 0.3 is 5.97 Å². The van der Waals surface area contributed by atoms with Crippen LogP contribution in [0, 0.1) is 0 Å². The van der Waals surface area contributed by atoms with Gasteiger partial charge in [0.25, 0.3) is 0 Å². The summed E-state index contributed by atoms with van der Waals surface area (Å²) in [5.74, 6) is -3.27. The Balaban J connectivity index is 1.80. The highest BCUT2D eigenvalue weighted by Gasteiger charge is 2.16. The van der Waals surface area contributed by atoms with Gasteiger partial charge in [-0.2, -0.15) is 0 Å². The number of ether oxygens (including phenoxy) is 1. The second kappa shape index (κ2) is 16.1. The minimum absolute atomic E-state index is 0.101. The van der Waals surface area contributed by atoms with Crippen molar-refractivity contribution in [3.8, 4) is 5.75 Å². The van der Waals surface area contributed by atoms with Gasteiger partial charge in [0.05, 0.1) is 31.3 Å². The summed E-state index contributed by atoms with van der Waals surface area (Å²) in [6.07, 6.45) is 0.583. The molecule has 0 spiro atoms. The van der Waals surface area contributed by atoms with E-state index in [1.54, 1.807) is 25.1 Å². The number of carbonyl (C=O) groups excluding carboxylic acids is 5. The summed E-state index contributed by atoms with van der Waals surface area (Å²) in [6.45, 7) is 3.82. The SMILES string of the molecule is CCCC(NC(=O)CNC(=O)CNC(=O)CNC(=O)CSC(C)=O)Oc1ccc2cc([C@H](C)C(=O)O)ccc2c1. The molecule has 2 atom stereocenters. The van der Waals surface area contributed by atoms with Crippen LogP contribution >= 0.6 is 11.8 Å². The second-order valence-electron chi connectivity index (χ2n) is 8.90. The Morgan fingerprint density at radius 3 is 2.02 bits per heavy atom. The van der Waals surface area contributed by atoms with E-state index in [2.05, 4.69) is 21.3 Å². The monoisotopic (exact) mass is 574 g/mol. The van der Waals surface area contributed by atoms with Gasteiger partial charge in [-0.05, 0) is 35.4 Å². The van der Waals surface area contributed by atoms with Crippen LogP contribution in [-0.2, 0) is 28.8 Å². The fourth-order valence-corrected chi connectivity index (χ4v) is 3.86. The zero-order chi connectivity index (χ0) is 29.7. The van der Waals surface area contributed by atoms with Crippen LogP contribution in [0.1, 0.15) is 45.1 Å². The van der Waals surface area contributed by atoms with Crippen molar-refractivity contribution in [3.05, 3.63) is 42.0 Å². The number of carboxylic acids is 1. The predicted octanol–water partition coefficient (Wildman–Crippen LogP) is 1.28. The number of rotatable bonds is 15. The molecule has 0 aromatic heterocycles. The average molecular weight is 575 g/mol. The molecule has 2 aromatic rings. The molecule has 4 amide bonds. The third-order valence-electron chi connectivity index (χ3n) is 5.60. The maximum Gasteiger partial charge on any atom is 0.310 e. The molecule has 0 heterocycles. The van der Waals surface area contributed by atoms with E-state index >= 15 is 0 Å². The Labute approximate surface area is 236 Å². The molecule has 12 nitrogen and oxygen atoms in total. The van der Waals surface area contributed by atoms with Crippen molar-refractivity contribution in [2.75, 3.05) is 25.4 Å². The molecule has 216 valence electrons. The molecule has 1 unspecified atom stereocenters. The highest BCUT2D eigenvalue weighted by Crippen LogP contribution is 2.26. The van der Waals surface area contributed by atoms with Crippen LogP contribution in [0.25, 0.3) is 10.8 Å². The molecule has 0 radical (unpaired) electrons. The van der Waals surface area contributed by atoms with Crippen molar-refractivity contribution < 1.29 is 38.6 Å². The quantitative estimate of drug-likeness (QED) is 0.196. The van der Waals surface area contributed by atoms with E-state index in [0.29, 0.717) is 17.7 Å². The molecule has 0 aliphatic heterocycles. The first-order valence-corrected chi connectivity index (χ1v) is 13.6. The Morgan fingerprint density at radius 2 is 1.43 bits per heavy atom. The van der Waals surface area contributed by atoms with E-state index in [-0.39, 0.29) is 30.5 Å². The van der Waals surface area contributed by atoms with Crippen molar-refractivity contribution in [2.24, 2.45) is 0 Å². The summed E-state index contributed by atoms with van der Waals surface area (Å²) in [5.41, 5.74) is 0.693. The summed E-state index contributed by atoms with van der Waals surface area (Å²) in [7, 11) is 0. The van der Waals surface area contributed by atoms with Crippen molar-refractivity contribution in [1.29, 1.82) is 0 Å². The van der Waals surface area contributed by atoms with Gasteiger partial charge in [-0.3, -0.25) is 28.8 Å². The van der Waals surface area contributed by atoms with Gasteiger partial charge in [0.1, 0.15) is 5.75 Å². The molecule has 0 aliphatic rings. The number of carbonyl (C=O) groups is 6. The molecule has 0 bridgehead atoms. The fourth-order valence-electron chi connectivity index (χ4n) is 3.42. The van der Waals surface area contributed by atoms with Crippen LogP contribution in [0.3, 0.4) is 0 Å². The van der Waals surface area contributed by atoms with Crippen molar-refractivity contribution in [1.82, 2.24) is 21.3 Å². The number of hydrogen-bond acceptors (Lipinski definition) is 8. The minimum Gasteiger partial charge on any atom is -0.481 e. The zero-order valence-corrected chi connectivity index (χ0v) is 23.4. The highest BCUT2D eigenvalue weighted by molar-refractivity contribution is 8.14. The first-order valence-electron chi connectivity index (χ1n) is 12.6. The van der Waals surface area contributed by atoms with E-state index in [9.17, 15) is 33.9 Å². The summed E-state index contributed by atoms with van der Waals surface area (Å²) < 4.78 is 5.96. The lowest BCUT2D eigenvalue weighted by molar-refractivity contribution is -0.138. The molecule has 13 heteroatoms. The Morgan fingerprint density at radius 1 is 0.850 bits per heavy atom. The predicted molar refractivity (Wildman–Crippen MR) is 150 cm³/mol. The number of carboxylic acid groups (broad SMARTS) is 1. The van der Waals surface area contributed by atoms with Crippen molar-refractivity contribution >= 4 is 57.2 Å². The van der Waals surface area contributed by atoms with Crippen LogP contribution < -0.4 is 26.0 Å². The van der Waals surface area contributed by atoms with Crippen molar-refractivity contribution in [3.63, 3.8) is 0 Å². The summed E-state index contributed by atoms with van der Waals surface area (Å²) in [4.78, 5) is 69.8. The highest BCUT2D eigenvalue weighted by atomic mass is 32.2. The molecule has 5 N–H and O–H groups in total. The van der Waals surface area contributed by atoms with Gasteiger partial charge in [0.15, 0.2) is 11.3 Å². The fraction of sp³-hybridized carbons (Fsp3) is 0.407. The summed E-state index contributed by atoms with van der Waals surface area (Å²) >= 11 is 0.818. The van der Waals surface area contributed by atoms with Gasteiger partial charge in [-0.25, -0.2) is 0 Å². The molecule has 0 fully saturated rings. The summed E-state index contributed by atoms with van der Waals surface area (Å²) in [5, 5.41) is 20.5. The number of amides is 4. The normalized spacial score (nSPS) is 12.1. The molecule has 2 rings (SSSR count). The number of hydrogen-bond donors (Lipinski definition) is 5. The van der Waals surface area contributed by atoms with E-state index < -0.39 is 41.7 Å². The lowest BCUT2D eigenvalue weighted by Gasteiger charge is -2.20. The molecule has 0 saturated carbocycles. The first kappa shape index (κ1) is 32.1. The maximum atomic E-state index is 12.4. The largest absolute Gasteiger partial charge is 0.481 e. The van der Waals surface area contributed by atoms with Crippen LogP contribution in [0.2, 0.25) is 0 Å². The van der Waals surface area contributed by atoms with Gasteiger partial charge < -0.3 is 31.1 Å². The molecular formula is C27H34N4O8S. The van der Waals surface area contributed by atoms with Crippen LogP contribution in [0.15, 0.2) is 36.4 Å². The Kier molecular flexibility index (Phi) is 12.9. The molecule has 0 saturated heterocycles. The van der Waals surface area contributed by atoms with Gasteiger partial charge in [0.2, 0.25) is 23.6 Å². The third-order valence-corrected chi connectivity index (χ3v) is 6.42.